The third kappa shape index (κ3) is 2.90. The molecule has 0 fully saturated rings. The molecule has 0 saturated heterocycles. The monoisotopic (exact) mass is 299 g/mol. The molecule has 0 bridgehead atoms. The Morgan fingerprint density at radius 3 is 2.42 bits per heavy atom. The van der Waals surface area contributed by atoms with E-state index in [1.54, 1.807) is 0 Å². The highest BCUT2D eigenvalue weighted by molar-refractivity contribution is 7.21. The Bertz CT molecular complexity index is 578. The molecule has 0 aliphatic rings. The van der Waals surface area contributed by atoms with E-state index in [9.17, 15) is 4.79 Å². The Hall–Kier alpha value is -1.14. The number of halogens is 1. The highest BCUT2D eigenvalue weighted by Crippen LogP contribution is 2.35. The Kier molecular flexibility index (Phi) is 4.76. The second-order valence-electron chi connectivity index (χ2n) is 3.98. The number of benzene rings is 1. The fraction of sp³-hybridized carbons (Fsp3) is 0.308. The molecule has 0 radical (unpaired) electrons. The molecule has 2 aromatic rings. The van der Waals surface area contributed by atoms with Crippen LogP contribution in [-0.2, 0) is 0 Å². The van der Waals surface area contributed by atoms with Gasteiger partial charge < -0.3 is 15.1 Å². The summed E-state index contributed by atoms with van der Waals surface area (Å²) in [5.41, 5.74) is 0. The van der Waals surface area contributed by atoms with E-state index in [0.29, 0.717) is 9.90 Å². The largest absolute Gasteiger partial charge is 0.395 e. The maximum Gasteiger partial charge on any atom is 0.265 e. The molecule has 0 saturated carbocycles. The third-order valence-corrected chi connectivity index (χ3v) is 4.42. The van der Waals surface area contributed by atoms with Gasteiger partial charge in [-0.05, 0) is 6.07 Å². The van der Waals surface area contributed by atoms with Crippen molar-refractivity contribution in [3.63, 3.8) is 0 Å². The van der Waals surface area contributed by atoms with Crippen LogP contribution in [0.3, 0.4) is 0 Å². The molecule has 1 amide bonds. The first-order valence-electron chi connectivity index (χ1n) is 5.87. The molecule has 0 spiro atoms. The molecule has 0 aliphatic carbocycles. The van der Waals surface area contributed by atoms with Gasteiger partial charge in [0.2, 0.25) is 0 Å². The molecule has 1 heterocycles. The lowest BCUT2D eigenvalue weighted by molar-refractivity contribution is 0.0690. The van der Waals surface area contributed by atoms with Crippen LogP contribution in [0.1, 0.15) is 9.67 Å². The van der Waals surface area contributed by atoms with Crippen LogP contribution < -0.4 is 0 Å². The van der Waals surface area contributed by atoms with E-state index in [4.69, 9.17) is 21.8 Å². The lowest BCUT2D eigenvalue weighted by Crippen LogP contribution is -2.35. The molecular formula is C13H14ClNO3S. The van der Waals surface area contributed by atoms with Gasteiger partial charge >= 0.3 is 0 Å². The van der Waals surface area contributed by atoms with Gasteiger partial charge in [-0.25, -0.2) is 0 Å². The zero-order valence-electron chi connectivity index (χ0n) is 10.2. The van der Waals surface area contributed by atoms with E-state index in [2.05, 4.69) is 0 Å². The van der Waals surface area contributed by atoms with Crippen molar-refractivity contribution in [2.24, 2.45) is 0 Å². The van der Waals surface area contributed by atoms with Crippen LogP contribution in [0.2, 0.25) is 5.02 Å². The van der Waals surface area contributed by atoms with Gasteiger partial charge in [-0.1, -0.05) is 29.8 Å². The second kappa shape index (κ2) is 6.34. The molecule has 102 valence electrons. The van der Waals surface area contributed by atoms with Crippen LogP contribution in [-0.4, -0.2) is 47.3 Å². The topological polar surface area (TPSA) is 60.8 Å². The van der Waals surface area contributed by atoms with Gasteiger partial charge in [0.25, 0.3) is 5.91 Å². The van der Waals surface area contributed by atoms with Crippen LogP contribution >= 0.6 is 22.9 Å². The fourth-order valence-electron chi connectivity index (χ4n) is 1.85. The predicted octanol–water partition coefficient (Wildman–Crippen LogP) is 1.98. The summed E-state index contributed by atoms with van der Waals surface area (Å²) in [6, 6.07) is 7.54. The molecule has 19 heavy (non-hydrogen) atoms. The number of aliphatic hydroxyl groups is 2. The summed E-state index contributed by atoms with van der Waals surface area (Å²) in [5, 5.41) is 19.2. The summed E-state index contributed by atoms with van der Waals surface area (Å²) in [6.45, 7) is 0.0798. The minimum absolute atomic E-state index is 0.145. The number of nitrogens with zero attached hydrogens (tertiary/aromatic N) is 1. The number of thiophene rings is 1. The van der Waals surface area contributed by atoms with Crippen LogP contribution in [0.5, 0.6) is 0 Å². The van der Waals surface area contributed by atoms with Gasteiger partial charge in [0.1, 0.15) is 4.88 Å². The van der Waals surface area contributed by atoms with E-state index < -0.39 is 0 Å². The highest BCUT2D eigenvalue weighted by atomic mass is 35.5. The first-order valence-corrected chi connectivity index (χ1v) is 7.06. The van der Waals surface area contributed by atoms with Crippen molar-refractivity contribution in [3.05, 3.63) is 34.2 Å². The van der Waals surface area contributed by atoms with Crippen molar-refractivity contribution >= 4 is 38.9 Å². The van der Waals surface area contributed by atoms with Gasteiger partial charge in [0, 0.05) is 23.2 Å². The summed E-state index contributed by atoms with van der Waals surface area (Å²) < 4.78 is 0.948. The van der Waals surface area contributed by atoms with Crippen molar-refractivity contribution in [1.29, 1.82) is 0 Å². The summed E-state index contributed by atoms with van der Waals surface area (Å²) in [5.74, 6) is -0.255. The number of fused-ring (bicyclic) bond motifs is 1. The minimum atomic E-state index is -0.255. The smallest absolute Gasteiger partial charge is 0.265 e. The van der Waals surface area contributed by atoms with Gasteiger partial charge in [0.15, 0.2) is 0 Å². The van der Waals surface area contributed by atoms with Crippen molar-refractivity contribution in [2.75, 3.05) is 26.3 Å². The first-order chi connectivity index (χ1) is 9.19. The Balaban J connectivity index is 2.37. The summed E-state index contributed by atoms with van der Waals surface area (Å²) in [7, 11) is 0. The molecule has 0 aliphatic heterocycles. The predicted molar refractivity (Wildman–Crippen MR) is 76.9 cm³/mol. The highest BCUT2D eigenvalue weighted by Gasteiger charge is 2.21. The zero-order chi connectivity index (χ0) is 13.8. The molecule has 2 N–H and O–H groups in total. The number of hydrogen-bond donors (Lipinski definition) is 2. The standard InChI is InChI=1S/C13H14ClNO3S/c14-11-9-3-1-2-4-10(9)19-12(11)13(18)15(5-7-16)6-8-17/h1-4,16-17H,5-8H2. The molecule has 6 heteroatoms. The SMILES string of the molecule is O=C(c1sc2ccccc2c1Cl)N(CCO)CCO. The van der Waals surface area contributed by atoms with Crippen LogP contribution in [0.25, 0.3) is 10.1 Å². The molecule has 1 aromatic heterocycles. The van der Waals surface area contributed by atoms with Gasteiger partial charge in [-0.2, -0.15) is 0 Å². The number of amides is 1. The maximum absolute atomic E-state index is 12.3. The van der Waals surface area contributed by atoms with Crippen LogP contribution in [0.15, 0.2) is 24.3 Å². The van der Waals surface area contributed by atoms with E-state index in [1.807, 2.05) is 24.3 Å². The lowest BCUT2D eigenvalue weighted by atomic mass is 10.2. The molecule has 1 aromatic carbocycles. The van der Waals surface area contributed by atoms with E-state index >= 15 is 0 Å². The summed E-state index contributed by atoms with van der Waals surface area (Å²) >= 11 is 7.56. The third-order valence-electron chi connectivity index (χ3n) is 2.76. The fourth-order valence-corrected chi connectivity index (χ4v) is 3.33. The number of carbonyl (C=O) groups is 1. The number of hydrogen-bond acceptors (Lipinski definition) is 4. The zero-order valence-corrected chi connectivity index (χ0v) is 11.7. The maximum atomic E-state index is 12.3. The molecule has 0 unspecified atom stereocenters. The lowest BCUT2D eigenvalue weighted by Gasteiger charge is -2.19. The average molecular weight is 300 g/mol. The van der Waals surface area contributed by atoms with Crippen molar-refractivity contribution in [3.8, 4) is 0 Å². The normalized spacial score (nSPS) is 10.9. The van der Waals surface area contributed by atoms with Crippen molar-refractivity contribution in [1.82, 2.24) is 4.90 Å². The quantitative estimate of drug-likeness (QED) is 0.887. The Morgan fingerprint density at radius 1 is 1.21 bits per heavy atom. The van der Waals surface area contributed by atoms with Crippen molar-refractivity contribution < 1.29 is 15.0 Å². The molecular weight excluding hydrogens is 286 g/mol. The van der Waals surface area contributed by atoms with E-state index in [0.717, 1.165) is 10.1 Å². The Labute approximate surface area is 119 Å². The number of carbonyl (C=O) groups excluding carboxylic acids is 1. The van der Waals surface area contributed by atoms with E-state index in [-0.39, 0.29) is 32.2 Å². The number of aliphatic hydroxyl groups excluding tert-OH is 2. The molecule has 4 nitrogen and oxygen atoms in total. The van der Waals surface area contributed by atoms with E-state index in [1.165, 1.54) is 16.2 Å². The first kappa shape index (κ1) is 14.3. The minimum Gasteiger partial charge on any atom is -0.395 e. The molecule has 0 atom stereocenters. The second-order valence-corrected chi connectivity index (χ2v) is 5.41. The number of rotatable bonds is 5. The van der Waals surface area contributed by atoms with Gasteiger partial charge in [0.05, 0.1) is 18.2 Å². The van der Waals surface area contributed by atoms with Gasteiger partial charge in [-0.15, -0.1) is 11.3 Å². The molecule has 2 rings (SSSR count). The van der Waals surface area contributed by atoms with Crippen LogP contribution in [0.4, 0.5) is 0 Å². The average Bonchev–Trinajstić information content (AvgIpc) is 2.76. The Morgan fingerprint density at radius 2 is 1.84 bits per heavy atom. The summed E-state index contributed by atoms with van der Waals surface area (Å²) in [6.07, 6.45) is 0. The van der Waals surface area contributed by atoms with Crippen molar-refractivity contribution in [2.45, 2.75) is 0 Å². The van der Waals surface area contributed by atoms with Gasteiger partial charge in [-0.3, -0.25) is 4.79 Å². The summed E-state index contributed by atoms with van der Waals surface area (Å²) in [4.78, 5) is 14.2. The van der Waals surface area contributed by atoms with Crippen LogP contribution in [0, 0.1) is 0 Å².